The Morgan fingerprint density at radius 1 is 1.38 bits per heavy atom. The second-order valence-corrected chi connectivity index (χ2v) is 3.15. The predicted octanol–water partition coefficient (Wildman–Crippen LogP) is -1.15. The number of hydrogen-bond acceptors (Lipinski definition) is 5. The molecule has 0 saturated carbocycles. The summed E-state index contributed by atoms with van der Waals surface area (Å²) < 4.78 is 10.1. The van der Waals surface area contributed by atoms with E-state index in [0.717, 1.165) is 0 Å². The third-order valence-electron chi connectivity index (χ3n) is 2.06. The molecule has 5 heteroatoms. The van der Waals surface area contributed by atoms with Crippen molar-refractivity contribution in [3.8, 4) is 0 Å². The SMILES string of the molecule is CCOC1O[C@H]([C@@H](C)O)[C@H](O)[C@@H]1O. The Morgan fingerprint density at radius 3 is 2.38 bits per heavy atom. The molecule has 0 amide bonds. The summed E-state index contributed by atoms with van der Waals surface area (Å²) in [5.74, 6) is 0. The van der Waals surface area contributed by atoms with Crippen LogP contribution in [-0.2, 0) is 9.47 Å². The van der Waals surface area contributed by atoms with Crippen molar-refractivity contribution in [2.45, 2.75) is 44.6 Å². The molecule has 0 aromatic heterocycles. The van der Waals surface area contributed by atoms with Crippen LogP contribution in [0.2, 0.25) is 0 Å². The molecule has 3 N–H and O–H groups in total. The molecule has 0 bridgehead atoms. The van der Waals surface area contributed by atoms with Gasteiger partial charge in [0.05, 0.1) is 6.10 Å². The average molecular weight is 192 g/mol. The molecule has 1 rings (SSSR count). The van der Waals surface area contributed by atoms with E-state index in [2.05, 4.69) is 0 Å². The van der Waals surface area contributed by atoms with Gasteiger partial charge >= 0.3 is 0 Å². The average Bonchev–Trinajstić information content (AvgIpc) is 2.33. The first-order valence-electron chi connectivity index (χ1n) is 4.39. The van der Waals surface area contributed by atoms with Gasteiger partial charge in [0.2, 0.25) is 0 Å². The maximum absolute atomic E-state index is 9.41. The summed E-state index contributed by atoms with van der Waals surface area (Å²) in [6.07, 6.45) is -4.60. The van der Waals surface area contributed by atoms with Gasteiger partial charge in [-0.1, -0.05) is 0 Å². The van der Waals surface area contributed by atoms with Crippen LogP contribution in [0.15, 0.2) is 0 Å². The van der Waals surface area contributed by atoms with Crippen LogP contribution >= 0.6 is 0 Å². The fourth-order valence-corrected chi connectivity index (χ4v) is 1.37. The largest absolute Gasteiger partial charge is 0.391 e. The highest BCUT2D eigenvalue weighted by molar-refractivity contribution is 4.89. The van der Waals surface area contributed by atoms with Crippen molar-refractivity contribution in [2.75, 3.05) is 6.61 Å². The molecule has 5 atom stereocenters. The molecule has 0 aliphatic carbocycles. The Morgan fingerprint density at radius 2 is 2.00 bits per heavy atom. The highest BCUT2D eigenvalue weighted by Gasteiger charge is 2.45. The van der Waals surface area contributed by atoms with Crippen LogP contribution < -0.4 is 0 Å². The van der Waals surface area contributed by atoms with Crippen LogP contribution in [0.3, 0.4) is 0 Å². The molecular formula is C8H16O5. The lowest BCUT2D eigenvalue weighted by Gasteiger charge is -2.16. The highest BCUT2D eigenvalue weighted by Crippen LogP contribution is 2.24. The topological polar surface area (TPSA) is 79.2 Å². The molecule has 1 heterocycles. The van der Waals surface area contributed by atoms with Crippen LogP contribution in [0.5, 0.6) is 0 Å². The van der Waals surface area contributed by atoms with E-state index in [9.17, 15) is 15.3 Å². The molecule has 1 unspecified atom stereocenters. The standard InChI is InChI=1S/C8H16O5/c1-3-12-8-6(11)5(10)7(13-8)4(2)9/h4-11H,3H2,1-2H3/t4-,5-,6+,7-,8?/m1/s1. The highest BCUT2D eigenvalue weighted by atomic mass is 16.7. The summed E-state index contributed by atoms with van der Waals surface area (Å²) in [4.78, 5) is 0. The lowest BCUT2D eigenvalue weighted by atomic mass is 10.1. The molecule has 1 aliphatic rings. The maximum atomic E-state index is 9.41. The van der Waals surface area contributed by atoms with Crippen molar-refractivity contribution in [3.05, 3.63) is 0 Å². The second kappa shape index (κ2) is 4.34. The quantitative estimate of drug-likeness (QED) is 0.526. The third kappa shape index (κ3) is 2.18. The minimum Gasteiger partial charge on any atom is -0.391 e. The van der Waals surface area contributed by atoms with Crippen molar-refractivity contribution >= 4 is 0 Å². The number of hydrogen-bond donors (Lipinski definition) is 3. The third-order valence-corrected chi connectivity index (χ3v) is 2.06. The van der Waals surface area contributed by atoms with E-state index in [1.54, 1.807) is 6.92 Å². The van der Waals surface area contributed by atoms with E-state index in [4.69, 9.17) is 9.47 Å². The Balaban J connectivity index is 2.56. The lowest BCUT2D eigenvalue weighted by Crippen LogP contribution is -2.37. The molecule has 5 nitrogen and oxygen atoms in total. The molecule has 0 aromatic rings. The summed E-state index contributed by atoms with van der Waals surface area (Å²) >= 11 is 0. The minimum atomic E-state index is -1.09. The Kier molecular flexibility index (Phi) is 3.63. The van der Waals surface area contributed by atoms with Gasteiger partial charge in [-0.05, 0) is 13.8 Å². The van der Waals surface area contributed by atoms with Gasteiger partial charge in [0.25, 0.3) is 0 Å². The van der Waals surface area contributed by atoms with Gasteiger partial charge in [0.1, 0.15) is 18.3 Å². The van der Waals surface area contributed by atoms with E-state index in [0.29, 0.717) is 6.61 Å². The summed E-state index contributed by atoms with van der Waals surface area (Å²) in [6, 6.07) is 0. The predicted molar refractivity (Wildman–Crippen MR) is 44.0 cm³/mol. The van der Waals surface area contributed by atoms with Gasteiger partial charge in [-0.25, -0.2) is 0 Å². The van der Waals surface area contributed by atoms with E-state index >= 15 is 0 Å². The molecule has 1 fully saturated rings. The van der Waals surface area contributed by atoms with Crippen molar-refractivity contribution < 1.29 is 24.8 Å². The van der Waals surface area contributed by atoms with Crippen molar-refractivity contribution in [2.24, 2.45) is 0 Å². The summed E-state index contributed by atoms with van der Waals surface area (Å²) in [5.41, 5.74) is 0. The molecule has 0 aromatic carbocycles. The maximum Gasteiger partial charge on any atom is 0.186 e. The van der Waals surface area contributed by atoms with E-state index in [1.807, 2.05) is 0 Å². The number of aliphatic hydroxyl groups excluding tert-OH is 3. The van der Waals surface area contributed by atoms with Crippen LogP contribution in [0, 0.1) is 0 Å². The molecule has 1 aliphatic heterocycles. The zero-order valence-corrected chi connectivity index (χ0v) is 7.75. The summed E-state index contributed by atoms with van der Waals surface area (Å²) in [6.45, 7) is 3.65. The first-order chi connectivity index (χ1) is 6.07. The first kappa shape index (κ1) is 10.9. The van der Waals surface area contributed by atoms with Crippen LogP contribution in [0.25, 0.3) is 0 Å². The number of aliphatic hydroxyl groups is 3. The molecule has 1 saturated heterocycles. The fraction of sp³-hybridized carbons (Fsp3) is 1.00. The van der Waals surface area contributed by atoms with Crippen molar-refractivity contribution in [3.63, 3.8) is 0 Å². The Hall–Kier alpha value is -0.200. The minimum absolute atomic E-state index is 0.390. The molecule has 0 radical (unpaired) electrons. The van der Waals surface area contributed by atoms with Gasteiger partial charge in [-0.3, -0.25) is 0 Å². The monoisotopic (exact) mass is 192 g/mol. The molecular weight excluding hydrogens is 176 g/mol. The van der Waals surface area contributed by atoms with Crippen LogP contribution in [0.4, 0.5) is 0 Å². The van der Waals surface area contributed by atoms with Gasteiger partial charge in [0, 0.05) is 6.61 Å². The van der Waals surface area contributed by atoms with Gasteiger partial charge in [-0.15, -0.1) is 0 Å². The first-order valence-corrected chi connectivity index (χ1v) is 4.39. The molecule has 13 heavy (non-hydrogen) atoms. The van der Waals surface area contributed by atoms with E-state index in [-0.39, 0.29) is 0 Å². The lowest BCUT2D eigenvalue weighted by molar-refractivity contribution is -0.173. The van der Waals surface area contributed by atoms with Crippen molar-refractivity contribution in [1.29, 1.82) is 0 Å². The summed E-state index contributed by atoms with van der Waals surface area (Å²) in [7, 11) is 0. The van der Waals surface area contributed by atoms with E-state index in [1.165, 1.54) is 6.92 Å². The van der Waals surface area contributed by atoms with E-state index < -0.39 is 30.7 Å². The normalized spacial score (nSPS) is 42.2. The Labute approximate surface area is 76.9 Å². The molecule has 0 spiro atoms. The van der Waals surface area contributed by atoms with Gasteiger partial charge < -0.3 is 24.8 Å². The number of rotatable bonds is 3. The summed E-state index contributed by atoms with van der Waals surface area (Å²) in [5, 5.41) is 28.0. The molecule has 78 valence electrons. The zero-order valence-electron chi connectivity index (χ0n) is 7.75. The fourth-order valence-electron chi connectivity index (χ4n) is 1.37. The van der Waals surface area contributed by atoms with Crippen LogP contribution in [-0.4, -0.2) is 52.6 Å². The van der Waals surface area contributed by atoms with Crippen LogP contribution in [0.1, 0.15) is 13.8 Å². The smallest absolute Gasteiger partial charge is 0.186 e. The second-order valence-electron chi connectivity index (χ2n) is 3.15. The number of ether oxygens (including phenoxy) is 2. The van der Waals surface area contributed by atoms with Crippen molar-refractivity contribution in [1.82, 2.24) is 0 Å². The van der Waals surface area contributed by atoms with Gasteiger partial charge in [-0.2, -0.15) is 0 Å². The Bertz CT molecular complexity index is 161. The zero-order chi connectivity index (χ0) is 10.0. The van der Waals surface area contributed by atoms with Gasteiger partial charge in [0.15, 0.2) is 6.29 Å².